The van der Waals surface area contributed by atoms with E-state index in [0.717, 1.165) is 94.4 Å². The van der Waals surface area contributed by atoms with Gasteiger partial charge in [-0.25, -0.2) is 4.68 Å². The zero-order valence-corrected chi connectivity index (χ0v) is 30.0. The van der Waals surface area contributed by atoms with Crippen molar-refractivity contribution in [3.05, 3.63) is 188 Å². The smallest absolute Gasteiger partial charge is 0.136 e. The van der Waals surface area contributed by atoms with Gasteiger partial charge in [0.2, 0.25) is 0 Å². The fourth-order valence-electron chi connectivity index (χ4n) is 8.77. The van der Waals surface area contributed by atoms with Crippen molar-refractivity contribution in [2.45, 2.75) is 0 Å². The van der Waals surface area contributed by atoms with Crippen molar-refractivity contribution in [1.82, 2.24) is 24.1 Å². The standard InChI is InChI=1S/C50H31N5O/c1-3-15-32(16-4-1)48-49(33-17-5-2-6-18-33)55(52-51-48)44-27-14-24-39-36-21-7-11-26-43(36)54(50(39)44)35-20-13-19-34(29-35)53-42-25-10-8-22-37(42)40-31-47-41(30-45(40)53)38-23-9-12-28-46(38)56-47/h1-31H. The first kappa shape index (κ1) is 30.7. The first-order valence-electron chi connectivity index (χ1n) is 18.8. The van der Waals surface area contributed by atoms with E-state index in [1.54, 1.807) is 0 Å². The maximum absolute atomic E-state index is 6.36. The molecule has 262 valence electrons. The van der Waals surface area contributed by atoms with Gasteiger partial charge in [0.15, 0.2) is 0 Å². The lowest BCUT2D eigenvalue weighted by atomic mass is 10.0. The third-order valence-electron chi connectivity index (χ3n) is 11.2. The van der Waals surface area contributed by atoms with Crippen LogP contribution in [-0.4, -0.2) is 24.1 Å². The van der Waals surface area contributed by atoms with Crippen molar-refractivity contribution in [2.75, 3.05) is 0 Å². The molecular weight excluding hydrogens is 687 g/mol. The van der Waals surface area contributed by atoms with Gasteiger partial charge in [-0.3, -0.25) is 0 Å². The summed E-state index contributed by atoms with van der Waals surface area (Å²) in [5.41, 5.74) is 13.2. The summed E-state index contributed by atoms with van der Waals surface area (Å²) >= 11 is 0. The van der Waals surface area contributed by atoms with E-state index < -0.39 is 0 Å². The lowest BCUT2D eigenvalue weighted by molar-refractivity contribution is 0.669. The SMILES string of the molecule is c1ccc(-c2nnn(-c3cccc4c5ccccc5n(-c5cccc(-n6c7ccccc7c7cc8oc9ccccc9c8cc76)c5)c34)c2-c2ccccc2)cc1. The van der Waals surface area contributed by atoms with Gasteiger partial charge in [0.25, 0.3) is 0 Å². The Balaban J connectivity index is 1.13. The van der Waals surface area contributed by atoms with Gasteiger partial charge in [-0.2, -0.15) is 0 Å². The zero-order valence-electron chi connectivity index (χ0n) is 30.0. The van der Waals surface area contributed by atoms with Crippen molar-refractivity contribution in [3.63, 3.8) is 0 Å². The maximum Gasteiger partial charge on any atom is 0.136 e. The highest BCUT2D eigenvalue weighted by atomic mass is 16.3. The molecule has 0 bridgehead atoms. The van der Waals surface area contributed by atoms with Crippen molar-refractivity contribution >= 4 is 65.6 Å². The van der Waals surface area contributed by atoms with Crippen LogP contribution < -0.4 is 0 Å². The first-order chi connectivity index (χ1) is 27.8. The van der Waals surface area contributed by atoms with Gasteiger partial charge in [0.1, 0.15) is 22.6 Å². The third kappa shape index (κ3) is 4.44. The molecule has 6 heteroatoms. The maximum atomic E-state index is 6.36. The minimum Gasteiger partial charge on any atom is -0.456 e. The van der Waals surface area contributed by atoms with Crippen LogP contribution in [0.2, 0.25) is 0 Å². The highest BCUT2D eigenvalue weighted by Gasteiger charge is 2.23. The van der Waals surface area contributed by atoms with Gasteiger partial charge in [-0.05, 0) is 54.6 Å². The van der Waals surface area contributed by atoms with Crippen molar-refractivity contribution in [2.24, 2.45) is 0 Å². The summed E-state index contributed by atoms with van der Waals surface area (Å²) in [6, 6.07) is 66.2. The molecule has 4 aromatic heterocycles. The van der Waals surface area contributed by atoms with Crippen molar-refractivity contribution in [3.8, 4) is 39.6 Å². The summed E-state index contributed by atoms with van der Waals surface area (Å²) in [5, 5.41) is 16.6. The number of benzene rings is 8. The topological polar surface area (TPSA) is 53.7 Å². The Morgan fingerprint density at radius 1 is 0.393 bits per heavy atom. The molecule has 0 fully saturated rings. The van der Waals surface area contributed by atoms with Crippen LogP contribution in [0.4, 0.5) is 0 Å². The van der Waals surface area contributed by atoms with Gasteiger partial charge in [-0.1, -0.05) is 139 Å². The van der Waals surface area contributed by atoms with Crippen LogP contribution >= 0.6 is 0 Å². The van der Waals surface area contributed by atoms with Crippen LogP contribution in [0, 0.1) is 0 Å². The average molecular weight is 718 g/mol. The van der Waals surface area contributed by atoms with E-state index in [0.29, 0.717) is 0 Å². The number of nitrogens with zero attached hydrogens (tertiary/aromatic N) is 5. The van der Waals surface area contributed by atoms with Crippen LogP contribution in [0.3, 0.4) is 0 Å². The lowest BCUT2D eigenvalue weighted by Crippen LogP contribution is -2.04. The summed E-state index contributed by atoms with van der Waals surface area (Å²) in [4.78, 5) is 0. The Bertz CT molecular complexity index is 3480. The van der Waals surface area contributed by atoms with E-state index in [-0.39, 0.29) is 0 Å². The minimum atomic E-state index is 0.837. The molecule has 0 aliphatic rings. The summed E-state index contributed by atoms with van der Waals surface area (Å²) in [5.74, 6) is 0. The van der Waals surface area contributed by atoms with Gasteiger partial charge in [0, 0.05) is 54.8 Å². The Labute approximate surface area is 320 Å². The number of aromatic nitrogens is 5. The fourth-order valence-corrected chi connectivity index (χ4v) is 8.77. The Kier molecular flexibility index (Phi) is 6.53. The van der Waals surface area contributed by atoms with Crippen LogP contribution in [0.5, 0.6) is 0 Å². The van der Waals surface area contributed by atoms with Crippen LogP contribution in [-0.2, 0) is 0 Å². The van der Waals surface area contributed by atoms with E-state index in [1.165, 1.54) is 10.8 Å². The number of para-hydroxylation sites is 4. The predicted molar refractivity (Wildman–Crippen MR) is 228 cm³/mol. The number of hydrogen-bond donors (Lipinski definition) is 0. The number of fused-ring (bicyclic) bond motifs is 9. The molecule has 0 unspecified atom stereocenters. The second kappa shape index (κ2) is 11.9. The molecule has 0 radical (unpaired) electrons. The van der Waals surface area contributed by atoms with Gasteiger partial charge in [0.05, 0.1) is 27.8 Å². The summed E-state index contributed by atoms with van der Waals surface area (Å²) in [7, 11) is 0. The first-order valence-corrected chi connectivity index (χ1v) is 18.8. The highest BCUT2D eigenvalue weighted by Crippen LogP contribution is 2.41. The molecule has 0 aliphatic heterocycles. The van der Waals surface area contributed by atoms with Crippen LogP contribution in [0.1, 0.15) is 0 Å². The molecular formula is C50H31N5O. The van der Waals surface area contributed by atoms with E-state index in [1.807, 2.05) is 41.1 Å². The Morgan fingerprint density at radius 3 is 1.79 bits per heavy atom. The van der Waals surface area contributed by atoms with Gasteiger partial charge < -0.3 is 13.6 Å². The average Bonchev–Trinajstić information content (AvgIpc) is 4.03. The minimum absolute atomic E-state index is 0.837. The number of rotatable bonds is 5. The molecule has 8 aromatic carbocycles. The van der Waals surface area contributed by atoms with E-state index in [2.05, 4.69) is 161 Å². The molecule has 56 heavy (non-hydrogen) atoms. The molecule has 0 N–H and O–H groups in total. The molecule has 6 nitrogen and oxygen atoms in total. The normalized spacial score (nSPS) is 11.9. The summed E-state index contributed by atoms with van der Waals surface area (Å²) in [6.07, 6.45) is 0. The second-order valence-corrected chi connectivity index (χ2v) is 14.3. The third-order valence-corrected chi connectivity index (χ3v) is 11.2. The van der Waals surface area contributed by atoms with Crippen molar-refractivity contribution in [1.29, 1.82) is 0 Å². The predicted octanol–water partition coefficient (Wildman–Crippen LogP) is 12.7. The van der Waals surface area contributed by atoms with Crippen LogP contribution in [0.15, 0.2) is 192 Å². The summed E-state index contributed by atoms with van der Waals surface area (Å²) in [6.45, 7) is 0. The molecule has 0 spiro atoms. The lowest BCUT2D eigenvalue weighted by Gasteiger charge is -2.15. The molecule has 0 aliphatic carbocycles. The molecule has 12 aromatic rings. The zero-order chi connectivity index (χ0) is 36.7. The number of hydrogen-bond acceptors (Lipinski definition) is 3. The second-order valence-electron chi connectivity index (χ2n) is 14.3. The van der Waals surface area contributed by atoms with Crippen molar-refractivity contribution < 1.29 is 4.42 Å². The van der Waals surface area contributed by atoms with Gasteiger partial charge in [-0.15, -0.1) is 5.10 Å². The molecule has 0 amide bonds. The monoisotopic (exact) mass is 717 g/mol. The van der Waals surface area contributed by atoms with E-state index in [4.69, 9.17) is 14.7 Å². The molecule has 0 saturated heterocycles. The van der Waals surface area contributed by atoms with Gasteiger partial charge >= 0.3 is 0 Å². The number of furan rings is 1. The molecule has 0 atom stereocenters. The Hall–Kier alpha value is -7.70. The fraction of sp³-hybridized carbons (Fsp3) is 0. The highest BCUT2D eigenvalue weighted by molar-refractivity contribution is 6.17. The van der Waals surface area contributed by atoms with E-state index >= 15 is 0 Å². The van der Waals surface area contributed by atoms with Crippen LogP contribution in [0.25, 0.3) is 105 Å². The molecule has 12 rings (SSSR count). The summed E-state index contributed by atoms with van der Waals surface area (Å²) < 4.78 is 13.2. The molecule has 0 saturated carbocycles. The Morgan fingerprint density at radius 2 is 1.00 bits per heavy atom. The molecule has 4 heterocycles. The largest absolute Gasteiger partial charge is 0.456 e. The quantitative estimate of drug-likeness (QED) is 0.178. The van der Waals surface area contributed by atoms with E-state index in [9.17, 15) is 0 Å².